The van der Waals surface area contributed by atoms with Crippen molar-refractivity contribution in [1.29, 1.82) is 0 Å². The molecule has 20 heavy (non-hydrogen) atoms. The van der Waals surface area contributed by atoms with E-state index in [0.29, 0.717) is 6.54 Å². The van der Waals surface area contributed by atoms with Crippen LogP contribution in [-0.4, -0.2) is 61.1 Å². The van der Waals surface area contributed by atoms with Gasteiger partial charge in [-0.25, -0.2) is 18.0 Å². The summed E-state index contributed by atoms with van der Waals surface area (Å²) in [5, 5.41) is 11.5. The number of nitrogens with zero attached hydrogens (tertiary/aromatic N) is 1. The van der Waals surface area contributed by atoms with Gasteiger partial charge in [0, 0.05) is 18.8 Å². The van der Waals surface area contributed by atoms with Crippen LogP contribution >= 0.6 is 0 Å². The van der Waals surface area contributed by atoms with E-state index in [2.05, 4.69) is 5.32 Å². The summed E-state index contributed by atoms with van der Waals surface area (Å²) in [6.45, 7) is 2.52. The largest absolute Gasteiger partial charge is 0.480 e. The maximum Gasteiger partial charge on any atom is 0.326 e. The van der Waals surface area contributed by atoms with E-state index in [4.69, 9.17) is 5.11 Å². The molecule has 2 amide bonds. The zero-order chi connectivity index (χ0) is 15.3. The molecule has 7 nitrogen and oxygen atoms in total. The minimum Gasteiger partial charge on any atom is -0.480 e. The highest BCUT2D eigenvalue weighted by Gasteiger charge is 2.27. The van der Waals surface area contributed by atoms with Crippen LogP contribution in [0.1, 0.15) is 32.6 Å². The number of likely N-dealkylation sites (tertiary alicyclic amines) is 1. The lowest BCUT2D eigenvalue weighted by molar-refractivity contribution is -0.139. The third kappa shape index (κ3) is 5.36. The van der Waals surface area contributed by atoms with Gasteiger partial charge in [-0.15, -0.1) is 0 Å². The normalized spacial score (nSPS) is 21.3. The van der Waals surface area contributed by atoms with E-state index in [1.165, 1.54) is 0 Å². The lowest BCUT2D eigenvalue weighted by Crippen LogP contribution is -2.52. The van der Waals surface area contributed by atoms with Crippen molar-refractivity contribution >= 4 is 21.8 Å². The van der Waals surface area contributed by atoms with Gasteiger partial charge in [-0.3, -0.25) is 0 Å². The number of urea groups is 1. The second-order valence-corrected chi connectivity index (χ2v) is 7.56. The second kappa shape index (κ2) is 6.92. The maximum absolute atomic E-state index is 12.0. The van der Waals surface area contributed by atoms with Gasteiger partial charge in [0.05, 0.1) is 5.75 Å². The highest BCUT2D eigenvalue weighted by atomic mass is 32.2. The highest BCUT2D eigenvalue weighted by molar-refractivity contribution is 7.90. The molecule has 1 aliphatic heterocycles. The van der Waals surface area contributed by atoms with Crippen LogP contribution in [0.5, 0.6) is 0 Å². The Kier molecular flexibility index (Phi) is 5.79. The predicted molar refractivity (Wildman–Crippen MR) is 74.3 cm³/mol. The Hall–Kier alpha value is -1.31. The van der Waals surface area contributed by atoms with Gasteiger partial charge >= 0.3 is 12.0 Å². The Morgan fingerprint density at radius 2 is 2.05 bits per heavy atom. The number of carboxylic acids is 1. The molecule has 1 fully saturated rings. The lowest BCUT2D eigenvalue weighted by atomic mass is 10.0. The van der Waals surface area contributed by atoms with Crippen LogP contribution in [-0.2, 0) is 14.6 Å². The van der Waals surface area contributed by atoms with E-state index < -0.39 is 27.9 Å². The number of carbonyl (C=O) groups is 2. The Morgan fingerprint density at radius 1 is 1.40 bits per heavy atom. The Bertz CT molecular complexity index is 462. The summed E-state index contributed by atoms with van der Waals surface area (Å²) < 4.78 is 22.2. The highest BCUT2D eigenvalue weighted by Crippen LogP contribution is 2.16. The van der Waals surface area contributed by atoms with E-state index >= 15 is 0 Å². The van der Waals surface area contributed by atoms with Gasteiger partial charge in [-0.2, -0.15) is 0 Å². The van der Waals surface area contributed by atoms with Crippen LogP contribution < -0.4 is 5.32 Å². The number of nitrogens with one attached hydrogen (secondary N) is 1. The van der Waals surface area contributed by atoms with E-state index in [0.717, 1.165) is 25.5 Å². The number of carboxylic acid groups (broad SMARTS) is 1. The molecule has 0 aromatic carbocycles. The minimum absolute atomic E-state index is 0.0769. The van der Waals surface area contributed by atoms with Crippen LogP contribution in [0.25, 0.3) is 0 Å². The summed E-state index contributed by atoms with van der Waals surface area (Å²) >= 11 is 0. The molecular formula is C12H22N2O5S. The average molecular weight is 306 g/mol. The van der Waals surface area contributed by atoms with E-state index in [-0.39, 0.29) is 18.2 Å². The van der Waals surface area contributed by atoms with Crippen molar-refractivity contribution in [2.75, 3.05) is 18.6 Å². The number of piperidine rings is 1. The molecule has 0 radical (unpaired) electrons. The number of rotatable bonds is 5. The first-order valence-electron chi connectivity index (χ1n) is 6.68. The van der Waals surface area contributed by atoms with Crippen molar-refractivity contribution in [3.05, 3.63) is 0 Å². The average Bonchev–Trinajstić information content (AvgIpc) is 2.33. The first kappa shape index (κ1) is 16.7. The van der Waals surface area contributed by atoms with Crippen molar-refractivity contribution in [2.45, 2.75) is 44.7 Å². The number of hydrogen-bond acceptors (Lipinski definition) is 4. The minimum atomic E-state index is -3.25. The molecule has 1 saturated heterocycles. The molecule has 8 heteroatoms. The Balaban J connectivity index is 2.60. The molecule has 1 heterocycles. The van der Waals surface area contributed by atoms with E-state index in [1.54, 1.807) is 4.90 Å². The third-order valence-electron chi connectivity index (χ3n) is 3.44. The summed E-state index contributed by atoms with van der Waals surface area (Å²) in [6, 6.07) is -1.53. The molecule has 116 valence electrons. The fourth-order valence-corrected chi connectivity index (χ4v) is 2.88. The topological polar surface area (TPSA) is 104 Å². The van der Waals surface area contributed by atoms with Gasteiger partial charge in [0.15, 0.2) is 0 Å². The first-order valence-corrected chi connectivity index (χ1v) is 8.74. The van der Waals surface area contributed by atoms with Crippen LogP contribution in [0.4, 0.5) is 4.79 Å². The van der Waals surface area contributed by atoms with E-state index in [1.807, 2.05) is 6.92 Å². The van der Waals surface area contributed by atoms with E-state index in [9.17, 15) is 18.0 Å². The molecule has 0 aromatic heterocycles. The van der Waals surface area contributed by atoms with Crippen LogP contribution in [0, 0.1) is 0 Å². The quantitative estimate of drug-likeness (QED) is 0.768. The SMILES string of the molecule is CC1CCCCN1C(=O)NC(CCS(C)(=O)=O)C(=O)O. The monoisotopic (exact) mass is 306 g/mol. The van der Waals surface area contributed by atoms with Crippen molar-refractivity contribution in [3.8, 4) is 0 Å². The van der Waals surface area contributed by atoms with Gasteiger partial charge in [-0.05, 0) is 32.6 Å². The standard InChI is InChI=1S/C12H22N2O5S/c1-9-5-3-4-7-14(9)12(17)13-10(11(15)16)6-8-20(2,18)19/h9-10H,3-8H2,1-2H3,(H,13,17)(H,15,16). The number of hydrogen-bond donors (Lipinski definition) is 2. The molecular weight excluding hydrogens is 284 g/mol. The molecule has 1 aliphatic rings. The number of aliphatic carboxylic acids is 1. The van der Waals surface area contributed by atoms with Crippen molar-refractivity contribution < 1.29 is 23.1 Å². The van der Waals surface area contributed by atoms with Crippen LogP contribution in [0.3, 0.4) is 0 Å². The molecule has 0 spiro atoms. The third-order valence-corrected chi connectivity index (χ3v) is 4.41. The second-order valence-electron chi connectivity index (χ2n) is 5.30. The first-order chi connectivity index (χ1) is 9.20. The van der Waals surface area contributed by atoms with Gasteiger partial charge in [-0.1, -0.05) is 0 Å². The molecule has 0 aromatic rings. The van der Waals surface area contributed by atoms with Gasteiger partial charge in [0.25, 0.3) is 0 Å². The number of carbonyl (C=O) groups excluding carboxylic acids is 1. The van der Waals surface area contributed by atoms with Crippen molar-refractivity contribution in [1.82, 2.24) is 10.2 Å². The lowest BCUT2D eigenvalue weighted by Gasteiger charge is -2.34. The zero-order valence-corrected chi connectivity index (χ0v) is 12.6. The molecule has 2 unspecified atom stereocenters. The molecule has 2 atom stereocenters. The van der Waals surface area contributed by atoms with Crippen molar-refractivity contribution in [3.63, 3.8) is 0 Å². The summed E-state index contributed by atoms with van der Waals surface area (Å²) in [6.07, 6.45) is 3.78. The number of amides is 2. The Labute approximate surface area is 119 Å². The number of sulfone groups is 1. The van der Waals surface area contributed by atoms with Gasteiger partial charge in [0.2, 0.25) is 0 Å². The molecule has 1 rings (SSSR count). The smallest absolute Gasteiger partial charge is 0.326 e. The Morgan fingerprint density at radius 3 is 2.55 bits per heavy atom. The fourth-order valence-electron chi connectivity index (χ4n) is 2.22. The van der Waals surface area contributed by atoms with Crippen molar-refractivity contribution in [2.24, 2.45) is 0 Å². The van der Waals surface area contributed by atoms with Crippen LogP contribution in [0.2, 0.25) is 0 Å². The zero-order valence-electron chi connectivity index (χ0n) is 11.8. The van der Waals surface area contributed by atoms with Gasteiger partial charge in [0.1, 0.15) is 15.9 Å². The predicted octanol–water partition coefficient (Wildman–Crippen LogP) is 0.458. The summed E-state index contributed by atoms with van der Waals surface area (Å²) in [5.74, 6) is -1.48. The molecule has 0 saturated carbocycles. The molecule has 2 N–H and O–H groups in total. The van der Waals surface area contributed by atoms with Gasteiger partial charge < -0.3 is 15.3 Å². The summed E-state index contributed by atoms with van der Waals surface area (Å²) in [4.78, 5) is 24.7. The fraction of sp³-hybridized carbons (Fsp3) is 0.833. The molecule has 0 bridgehead atoms. The summed E-state index contributed by atoms with van der Waals surface area (Å²) in [7, 11) is -3.25. The summed E-state index contributed by atoms with van der Waals surface area (Å²) in [5.41, 5.74) is 0. The molecule has 0 aliphatic carbocycles. The van der Waals surface area contributed by atoms with Crippen LogP contribution in [0.15, 0.2) is 0 Å². The maximum atomic E-state index is 12.0.